The topological polar surface area (TPSA) is 38.5 Å². The Morgan fingerprint density at radius 2 is 1.58 bits per heavy atom. The summed E-state index contributed by atoms with van der Waals surface area (Å²) in [6, 6.07) is 20.2. The second kappa shape index (κ2) is 6.41. The number of hydrogen-bond acceptors (Lipinski definition) is 2. The molecule has 2 heterocycles. The van der Waals surface area contributed by atoms with Crippen molar-refractivity contribution in [3.63, 3.8) is 0 Å². The number of rotatable bonds is 4. The van der Waals surface area contributed by atoms with E-state index in [1.807, 2.05) is 6.07 Å². The number of nitrogens with zero attached hydrogens (tertiary/aromatic N) is 1. The van der Waals surface area contributed by atoms with Crippen molar-refractivity contribution in [1.82, 2.24) is 4.40 Å². The first-order valence-corrected chi connectivity index (χ1v) is 8.15. The number of carbonyl (C=O) groups is 2. The van der Waals surface area contributed by atoms with Crippen molar-refractivity contribution in [2.75, 3.05) is 0 Å². The molecule has 0 bridgehead atoms. The summed E-state index contributed by atoms with van der Waals surface area (Å²) in [6.45, 7) is 0. The van der Waals surface area contributed by atoms with Gasteiger partial charge in [-0.05, 0) is 18.2 Å². The standard InChI is InChI=1S/C22H14FNO2/c23-18-11-5-4-10-16(18)20-17(14-25)19-12-6-7-13-24(19)21(20)22(26)15-8-2-1-3-9-15/h1-14H. The van der Waals surface area contributed by atoms with E-state index in [1.54, 1.807) is 71.3 Å². The number of fused-ring (bicyclic) bond motifs is 1. The molecular weight excluding hydrogens is 329 g/mol. The summed E-state index contributed by atoms with van der Waals surface area (Å²) in [5.41, 5.74) is 2.18. The van der Waals surface area contributed by atoms with Crippen molar-refractivity contribution in [2.24, 2.45) is 0 Å². The van der Waals surface area contributed by atoms with Crippen LogP contribution in [0, 0.1) is 5.82 Å². The van der Waals surface area contributed by atoms with Gasteiger partial charge in [-0.3, -0.25) is 9.59 Å². The highest BCUT2D eigenvalue weighted by molar-refractivity contribution is 6.16. The Hall–Kier alpha value is -3.53. The molecule has 3 nitrogen and oxygen atoms in total. The highest BCUT2D eigenvalue weighted by Crippen LogP contribution is 2.35. The third-order valence-electron chi connectivity index (χ3n) is 4.39. The molecule has 2 aromatic carbocycles. The first-order chi connectivity index (χ1) is 12.7. The highest BCUT2D eigenvalue weighted by atomic mass is 19.1. The summed E-state index contributed by atoms with van der Waals surface area (Å²) in [5.74, 6) is -0.744. The zero-order valence-electron chi connectivity index (χ0n) is 13.7. The van der Waals surface area contributed by atoms with Crippen LogP contribution in [0.25, 0.3) is 16.6 Å². The molecule has 0 saturated carbocycles. The van der Waals surface area contributed by atoms with Gasteiger partial charge in [-0.15, -0.1) is 0 Å². The van der Waals surface area contributed by atoms with Gasteiger partial charge >= 0.3 is 0 Å². The molecule has 0 N–H and O–H groups in total. The Balaban J connectivity index is 2.12. The van der Waals surface area contributed by atoms with Crippen LogP contribution in [0.3, 0.4) is 0 Å². The molecule has 4 heteroatoms. The average molecular weight is 343 g/mol. The third kappa shape index (κ3) is 2.43. The smallest absolute Gasteiger partial charge is 0.210 e. The summed E-state index contributed by atoms with van der Waals surface area (Å²) in [4.78, 5) is 25.1. The van der Waals surface area contributed by atoms with E-state index in [0.29, 0.717) is 28.5 Å². The van der Waals surface area contributed by atoms with Gasteiger partial charge in [-0.1, -0.05) is 54.6 Å². The van der Waals surface area contributed by atoms with Crippen molar-refractivity contribution in [1.29, 1.82) is 0 Å². The average Bonchev–Trinajstić information content (AvgIpc) is 3.02. The molecule has 0 amide bonds. The van der Waals surface area contributed by atoms with Crippen LogP contribution in [0.15, 0.2) is 79.0 Å². The van der Waals surface area contributed by atoms with Gasteiger partial charge in [0.05, 0.1) is 5.52 Å². The van der Waals surface area contributed by atoms with Gasteiger partial charge in [0.15, 0.2) is 6.29 Å². The lowest BCUT2D eigenvalue weighted by atomic mass is 9.96. The number of pyridine rings is 1. The molecule has 0 atom stereocenters. The second-order valence-electron chi connectivity index (χ2n) is 5.89. The molecule has 0 aliphatic heterocycles. The van der Waals surface area contributed by atoms with E-state index in [2.05, 4.69) is 0 Å². The Kier molecular flexibility index (Phi) is 3.93. The summed E-state index contributed by atoms with van der Waals surface area (Å²) in [5, 5.41) is 0. The van der Waals surface area contributed by atoms with Crippen LogP contribution in [0.1, 0.15) is 26.4 Å². The summed E-state index contributed by atoms with van der Waals surface area (Å²) >= 11 is 0. The number of hydrogen-bond donors (Lipinski definition) is 0. The van der Waals surface area contributed by atoms with E-state index in [-0.39, 0.29) is 17.0 Å². The molecule has 0 aliphatic rings. The van der Waals surface area contributed by atoms with E-state index >= 15 is 0 Å². The van der Waals surface area contributed by atoms with Crippen molar-refractivity contribution in [3.05, 3.63) is 102 Å². The third-order valence-corrected chi connectivity index (χ3v) is 4.39. The molecule has 26 heavy (non-hydrogen) atoms. The van der Waals surface area contributed by atoms with Gasteiger partial charge in [0.1, 0.15) is 11.5 Å². The van der Waals surface area contributed by atoms with Gasteiger partial charge in [0.25, 0.3) is 0 Å². The van der Waals surface area contributed by atoms with Crippen LogP contribution in [0.4, 0.5) is 4.39 Å². The molecular formula is C22H14FNO2. The maximum atomic E-state index is 14.5. The molecule has 0 aliphatic carbocycles. The number of aromatic nitrogens is 1. The quantitative estimate of drug-likeness (QED) is 0.395. The maximum Gasteiger partial charge on any atom is 0.210 e. The Morgan fingerprint density at radius 3 is 2.31 bits per heavy atom. The van der Waals surface area contributed by atoms with E-state index in [9.17, 15) is 14.0 Å². The van der Waals surface area contributed by atoms with Crippen LogP contribution >= 0.6 is 0 Å². The number of halogens is 1. The van der Waals surface area contributed by atoms with Crippen molar-refractivity contribution in [3.8, 4) is 11.1 Å². The minimum Gasteiger partial charge on any atom is -0.312 e. The van der Waals surface area contributed by atoms with Gasteiger partial charge in [0.2, 0.25) is 5.78 Å². The number of aldehydes is 1. The fourth-order valence-electron chi connectivity index (χ4n) is 3.24. The molecule has 126 valence electrons. The van der Waals surface area contributed by atoms with Crippen LogP contribution in [-0.4, -0.2) is 16.5 Å². The maximum absolute atomic E-state index is 14.5. The van der Waals surface area contributed by atoms with Gasteiger partial charge in [-0.25, -0.2) is 4.39 Å². The Bertz CT molecular complexity index is 1130. The van der Waals surface area contributed by atoms with Gasteiger partial charge < -0.3 is 4.40 Å². The van der Waals surface area contributed by atoms with Crippen molar-refractivity contribution >= 4 is 17.6 Å². The monoisotopic (exact) mass is 343 g/mol. The summed E-state index contributed by atoms with van der Waals surface area (Å²) in [7, 11) is 0. The molecule has 0 fully saturated rings. The predicted octanol–water partition coefficient (Wildman–Crippen LogP) is 4.79. The molecule has 0 saturated heterocycles. The second-order valence-corrected chi connectivity index (χ2v) is 5.89. The minimum atomic E-state index is -0.478. The van der Waals surface area contributed by atoms with E-state index in [0.717, 1.165) is 0 Å². The van der Waals surface area contributed by atoms with Crippen molar-refractivity contribution in [2.45, 2.75) is 0 Å². The number of carbonyl (C=O) groups excluding carboxylic acids is 2. The highest BCUT2D eigenvalue weighted by Gasteiger charge is 2.26. The Labute approximate surface area is 149 Å². The van der Waals surface area contributed by atoms with Gasteiger partial charge in [-0.2, -0.15) is 0 Å². The molecule has 2 aromatic heterocycles. The van der Waals surface area contributed by atoms with Crippen LogP contribution in [0.5, 0.6) is 0 Å². The van der Waals surface area contributed by atoms with Crippen molar-refractivity contribution < 1.29 is 14.0 Å². The largest absolute Gasteiger partial charge is 0.312 e. The molecule has 4 aromatic rings. The SMILES string of the molecule is O=Cc1c(-c2ccccc2F)c(C(=O)c2ccccc2)n2ccccc12. The fourth-order valence-corrected chi connectivity index (χ4v) is 3.24. The summed E-state index contributed by atoms with van der Waals surface area (Å²) in [6.07, 6.45) is 2.39. The first kappa shape index (κ1) is 16.0. The number of ketones is 1. The predicted molar refractivity (Wildman–Crippen MR) is 98.1 cm³/mol. The van der Waals surface area contributed by atoms with E-state index < -0.39 is 5.82 Å². The van der Waals surface area contributed by atoms with Crippen LogP contribution < -0.4 is 0 Å². The van der Waals surface area contributed by atoms with E-state index in [4.69, 9.17) is 0 Å². The zero-order valence-corrected chi connectivity index (χ0v) is 13.7. The first-order valence-electron chi connectivity index (χ1n) is 8.15. The lowest BCUT2D eigenvalue weighted by Gasteiger charge is -2.08. The normalized spacial score (nSPS) is 10.8. The molecule has 0 unspecified atom stereocenters. The van der Waals surface area contributed by atoms with Crippen LogP contribution in [-0.2, 0) is 0 Å². The van der Waals surface area contributed by atoms with E-state index in [1.165, 1.54) is 6.07 Å². The molecule has 4 rings (SSSR count). The minimum absolute atomic E-state index is 0.234. The lowest BCUT2D eigenvalue weighted by Crippen LogP contribution is -2.07. The Morgan fingerprint density at radius 1 is 0.885 bits per heavy atom. The molecule has 0 radical (unpaired) electrons. The number of benzene rings is 2. The zero-order chi connectivity index (χ0) is 18.1. The fraction of sp³-hybridized carbons (Fsp3) is 0. The van der Waals surface area contributed by atoms with Crippen LogP contribution in [0.2, 0.25) is 0 Å². The lowest BCUT2D eigenvalue weighted by molar-refractivity contribution is 0.103. The summed E-state index contributed by atoms with van der Waals surface area (Å²) < 4.78 is 16.2. The molecule has 0 spiro atoms. The van der Waals surface area contributed by atoms with Gasteiger partial charge in [0, 0.05) is 28.5 Å².